The van der Waals surface area contributed by atoms with Gasteiger partial charge in [-0.1, -0.05) is 65.7 Å². The van der Waals surface area contributed by atoms with Gasteiger partial charge in [0, 0.05) is 18.6 Å². The summed E-state index contributed by atoms with van der Waals surface area (Å²) in [5, 5.41) is 3.01. The molecule has 0 aliphatic heterocycles. The van der Waals surface area contributed by atoms with Gasteiger partial charge in [-0.15, -0.1) is 0 Å². The minimum atomic E-state index is -4.10. The molecule has 0 aliphatic rings. The number of halogens is 1. The minimum absolute atomic E-state index is 0.0410. The van der Waals surface area contributed by atoms with E-state index >= 15 is 0 Å². The molecule has 7 nitrogen and oxygen atoms in total. The maximum absolute atomic E-state index is 13.8. The van der Waals surface area contributed by atoms with Crippen molar-refractivity contribution in [2.24, 2.45) is 0 Å². The van der Waals surface area contributed by atoms with Gasteiger partial charge in [0.1, 0.15) is 12.6 Å². The van der Waals surface area contributed by atoms with Crippen molar-refractivity contribution in [1.29, 1.82) is 0 Å². The first-order valence-corrected chi connectivity index (χ1v) is 13.3. The third-order valence-electron chi connectivity index (χ3n) is 5.98. The number of hydrogen-bond acceptors (Lipinski definition) is 4. The highest BCUT2D eigenvalue weighted by Crippen LogP contribution is 2.28. The van der Waals surface area contributed by atoms with E-state index in [-0.39, 0.29) is 17.3 Å². The Bertz CT molecular complexity index is 1340. The van der Waals surface area contributed by atoms with Crippen LogP contribution in [0.2, 0.25) is 5.02 Å². The zero-order valence-electron chi connectivity index (χ0n) is 20.7. The van der Waals surface area contributed by atoms with E-state index in [2.05, 4.69) is 5.32 Å². The second-order valence-electron chi connectivity index (χ2n) is 8.51. The van der Waals surface area contributed by atoms with E-state index in [1.165, 1.54) is 24.1 Å². The molecule has 3 rings (SSSR count). The minimum Gasteiger partial charge on any atom is -0.357 e. The van der Waals surface area contributed by atoms with Crippen molar-refractivity contribution in [3.05, 3.63) is 94.5 Å². The molecule has 1 unspecified atom stereocenters. The molecule has 0 saturated heterocycles. The molecule has 0 fully saturated rings. The number of hydrogen-bond donors (Lipinski definition) is 1. The maximum atomic E-state index is 13.8. The van der Waals surface area contributed by atoms with Crippen LogP contribution in [-0.2, 0) is 26.2 Å². The Hall–Kier alpha value is -3.36. The van der Waals surface area contributed by atoms with Crippen LogP contribution in [-0.4, -0.2) is 44.8 Å². The van der Waals surface area contributed by atoms with Gasteiger partial charge in [0.05, 0.1) is 10.6 Å². The molecule has 2 amide bonds. The van der Waals surface area contributed by atoms with E-state index in [1.54, 1.807) is 74.5 Å². The molecule has 1 N–H and O–H groups in total. The summed E-state index contributed by atoms with van der Waals surface area (Å²) >= 11 is 6.33. The Morgan fingerprint density at radius 1 is 0.944 bits per heavy atom. The number of carbonyl (C=O) groups excluding carboxylic acids is 2. The van der Waals surface area contributed by atoms with Crippen molar-refractivity contribution >= 4 is 39.1 Å². The number of benzene rings is 3. The predicted molar refractivity (Wildman–Crippen MR) is 142 cm³/mol. The van der Waals surface area contributed by atoms with Crippen molar-refractivity contribution in [3.8, 4) is 0 Å². The number of carbonyl (C=O) groups is 2. The third kappa shape index (κ3) is 6.06. The van der Waals surface area contributed by atoms with Crippen LogP contribution in [0.3, 0.4) is 0 Å². The van der Waals surface area contributed by atoms with Gasteiger partial charge in [0.2, 0.25) is 11.8 Å². The number of rotatable bonds is 9. The second kappa shape index (κ2) is 11.6. The van der Waals surface area contributed by atoms with Crippen LogP contribution in [0.25, 0.3) is 0 Å². The first-order valence-electron chi connectivity index (χ1n) is 11.5. The third-order valence-corrected chi connectivity index (χ3v) is 8.13. The van der Waals surface area contributed by atoms with Gasteiger partial charge < -0.3 is 10.2 Å². The molecule has 0 radical (unpaired) electrons. The van der Waals surface area contributed by atoms with Crippen LogP contribution < -0.4 is 9.62 Å². The molecule has 3 aromatic rings. The molecule has 0 bridgehead atoms. The molecule has 36 heavy (non-hydrogen) atoms. The quantitative estimate of drug-likeness (QED) is 0.449. The average Bonchev–Trinajstić information content (AvgIpc) is 2.86. The Morgan fingerprint density at radius 2 is 1.56 bits per heavy atom. The summed E-state index contributed by atoms with van der Waals surface area (Å²) in [5.41, 5.74) is 2.64. The standard InChI is InChI=1S/C27H30ClN3O4S/c1-19-13-15-23(16-14-19)36(34,35)31(25-12-8-5-9-20(25)2)18-26(32)30(21(3)27(33)29-4)17-22-10-6-7-11-24(22)28/h5-16,21H,17-18H2,1-4H3,(H,29,33). The van der Waals surface area contributed by atoms with Crippen molar-refractivity contribution in [2.45, 2.75) is 38.3 Å². The van der Waals surface area contributed by atoms with Crippen LogP contribution >= 0.6 is 11.6 Å². The fraction of sp³-hybridized carbons (Fsp3) is 0.259. The lowest BCUT2D eigenvalue weighted by molar-refractivity contribution is -0.139. The van der Waals surface area contributed by atoms with Gasteiger partial charge >= 0.3 is 0 Å². The molecule has 0 aromatic heterocycles. The fourth-order valence-electron chi connectivity index (χ4n) is 3.80. The SMILES string of the molecule is CNC(=O)C(C)N(Cc1ccccc1Cl)C(=O)CN(c1ccccc1C)S(=O)(=O)c1ccc(C)cc1. The number of nitrogens with zero attached hydrogens (tertiary/aromatic N) is 2. The van der Waals surface area contributed by atoms with Gasteiger partial charge in [-0.25, -0.2) is 8.42 Å². The highest BCUT2D eigenvalue weighted by atomic mass is 35.5. The zero-order chi connectivity index (χ0) is 26.5. The van der Waals surface area contributed by atoms with Crippen LogP contribution in [0.5, 0.6) is 0 Å². The summed E-state index contributed by atoms with van der Waals surface area (Å²) in [4.78, 5) is 27.7. The number of nitrogens with one attached hydrogen (secondary N) is 1. The van der Waals surface area contributed by atoms with Crippen LogP contribution in [0.15, 0.2) is 77.7 Å². The molecule has 9 heteroatoms. The van der Waals surface area contributed by atoms with Crippen molar-refractivity contribution in [1.82, 2.24) is 10.2 Å². The summed E-state index contributed by atoms with van der Waals surface area (Å²) in [6.45, 7) is 4.80. The van der Waals surface area contributed by atoms with Crippen LogP contribution in [0.1, 0.15) is 23.6 Å². The Morgan fingerprint density at radius 3 is 2.17 bits per heavy atom. The van der Waals surface area contributed by atoms with Crippen molar-refractivity contribution in [3.63, 3.8) is 0 Å². The van der Waals surface area contributed by atoms with E-state index in [0.29, 0.717) is 21.8 Å². The normalized spacial score (nSPS) is 12.0. The number of aryl methyl sites for hydroxylation is 2. The molecule has 190 valence electrons. The zero-order valence-corrected chi connectivity index (χ0v) is 22.3. The maximum Gasteiger partial charge on any atom is 0.264 e. The number of sulfonamides is 1. The van der Waals surface area contributed by atoms with E-state index in [1.807, 2.05) is 6.92 Å². The first-order chi connectivity index (χ1) is 17.1. The molecule has 0 aliphatic carbocycles. The van der Waals surface area contributed by atoms with Gasteiger partial charge in [-0.3, -0.25) is 13.9 Å². The molecular weight excluding hydrogens is 498 g/mol. The van der Waals surface area contributed by atoms with Gasteiger partial charge in [0.15, 0.2) is 0 Å². The summed E-state index contributed by atoms with van der Waals surface area (Å²) in [6.07, 6.45) is 0. The van der Waals surface area contributed by atoms with Crippen LogP contribution in [0, 0.1) is 13.8 Å². The van der Waals surface area contributed by atoms with Crippen LogP contribution in [0.4, 0.5) is 5.69 Å². The summed E-state index contributed by atoms with van der Waals surface area (Å²) in [6, 6.07) is 19.6. The highest BCUT2D eigenvalue weighted by molar-refractivity contribution is 7.92. The predicted octanol–water partition coefficient (Wildman–Crippen LogP) is 4.32. The lowest BCUT2D eigenvalue weighted by atomic mass is 10.1. The number of anilines is 1. The lowest BCUT2D eigenvalue weighted by Gasteiger charge is -2.32. The largest absolute Gasteiger partial charge is 0.357 e. The summed E-state index contributed by atoms with van der Waals surface area (Å²) in [5.74, 6) is -0.913. The van der Waals surface area contributed by atoms with Crippen molar-refractivity contribution in [2.75, 3.05) is 17.9 Å². The van der Waals surface area contributed by atoms with E-state index in [0.717, 1.165) is 9.87 Å². The van der Waals surface area contributed by atoms with E-state index in [4.69, 9.17) is 11.6 Å². The van der Waals surface area contributed by atoms with Gasteiger partial charge in [-0.2, -0.15) is 0 Å². The topological polar surface area (TPSA) is 86.8 Å². The Labute approximate surface area is 217 Å². The number of amides is 2. The molecule has 1 atom stereocenters. The number of likely N-dealkylation sites (N-methyl/N-ethyl adjacent to an activating group) is 1. The molecule has 0 spiro atoms. The number of para-hydroxylation sites is 1. The summed E-state index contributed by atoms with van der Waals surface area (Å²) < 4.78 is 28.7. The lowest BCUT2D eigenvalue weighted by Crippen LogP contribution is -2.50. The smallest absolute Gasteiger partial charge is 0.264 e. The van der Waals surface area contributed by atoms with E-state index in [9.17, 15) is 18.0 Å². The van der Waals surface area contributed by atoms with Gasteiger partial charge in [0.25, 0.3) is 10.0 Å². The Balaban J connectivity index is 2.06. The Kier molecular flexibility index (Phi) is 8.76. The molecule has 0 saturated carbocycles. The van der Waals surface area contributed by atoms with E-state index < -0.39 is 28.5 Å². The molecule has 3 aromatic carbocycles. The molecular formula is C27H30ClN3O4S. The monoisotopic (exact) mass is 527 g/mol. The highest BCUT2D eigenvalue weighted by Gasteiger charge is 2.33. The van der Waals surface area contributed by atoms with Gasteiger partial charge in [-0.05, 0) is 56.2 Å². The first kappa shape index (κ1) is 27.2. The second-order valence-corrected chi connectivity index (χ2v) is 10.8. The molecule has 0 heterocycles. The fourth-order valence-corrected chi connectivity index (χ4v) is 5.47. The summed E-state index contributed by atoms with van der Waals surface area (Å²) in [7, 11) is -2.61. The average molecular weight is 528 g/mol. The van der Waals surface area contributed by atoms with Crippen molar-refractivity contribution < 1.29 is 18.0 Å².